The average Bonchev–Trinajstić information content (AvgIpc) is 3.18. The Labute approximate surface area is 128 Å². The van der Waals surface area contributed by atoms with Crippen LogP contribution in [0.25, 0.3) is 0 Å². The maximum Gasteiger partial charge on any atom is 0.306 e. The van der Waals surface area contributed by atoms with Crippen LogP contribution in [-0.4, -0.2) is 17.0 Å². The predicted molar refractivity (Wildman–Crippen MR) is 81.0 cm³/mol. The maximum absolute atomic E-state index is 12.5. The van der Waals surface area contributed by atoms with E-state index in [-0.39, 0.29) is 23.8 Å². The van der Waals surface area contributed by atoms with Gasteiger partial charge in [-0.15, -0.1) is 11.3 Å². The van der Waals surface area contributed by atoms with Crippen LogP contribution < -0.4 is 5.32 Å². The smallest absolute Gasteiger partial charge is 0.306 e. The Morgan fingerprint density at radius 1 is 1.24 bits per heavy atom. The standard InChI is InChI=1S/C16H21NO3S/c18-15(11-3-1-4-12(9-11)16(19)20)17-14(10-6-7-10)13-5-2-8-21-13/h2,5,8,10-12,14H,1,3-4,6-7,9H2,(H,17,18)(H,19,20). The van der Waals surface area contributed by atoms with Gasteiger partial charge >= 0.3 is 5.97 Å². The minimum Gasteiger partial charge on any atom is -0.481 e. The molecule has 2 aliphatic rings. The first-order chi connectivity index (χ1) is 10.1. The van der Waals surface area contributed by atoms with Crippen LogP contribution in [0.2, 0.25) is 0 Å². The molecule has 5 heteroatoms. The highest BCUT2D eigenvalue weighted by Crippen LogP contribution is 2.42. The molecule has 1 aromatic rings. The molecule has 0 saturated heterocycles. The van der Waals surface area contributed by atoms with Crippen molar-refractivity contribution in [1.29, 1.82) is 0 Å². The van der Waals surface area contributed by atoms with E-state index in [0.717, 1.165) is 12.8 Å². The molecule has 2 fully saturated rings. The molecule has 1 amide bonds. The van der Waals surface area contributed by atoms with E-state index >= 15 is 0 Å². The van der Waals surface area contributed by atoms with Crippen molar-refractivity contribution < 1.29 is 14.7 Å². The molecule has 2 saturated carbocycles. The lowest BCUT2D eigenvalue weighted by Crippen LogP contribution is -2.38. The first-order valence-corrected chi connectivity index (χ1v) is 8.59. The minimum atomic E-state index is -0.760. The summed E-state index contributed by atoms with van der Waals surface area (Å²) < 4.78 is 0. The van der Waals surface area contributed by atoms with Crippen molar-refractivity contribution in [1.82, 2.24) is 5.32 Å². The third-order valence-corrected chi connectivity index (χ3v) is 5.59. The number of thiophene rings is 1. The zero-order valence-corrected chi connectivity index (χ0v) is 12.8. The van der Waals surface area contributed by atoms with Gasteiger partial charge in [0, 0.05) is 10.8 Å². The molecule has 3 unspecified atom stereocenters. The molecule has 2 N–H and O–H groups in total. The van der Waals surface area contributed by atoms with Crippen molar-refractivity contribution in [3.05, 3.63) is 22.4 Å². The van der Waals surface area contributed by atoms with Gasteiger partial charge in [0.05, 0.1) is 12.0 Å². The van der Waals surface area contributed by atoms with Gasteiger partial charge in [-0.25, -0.2) is 0 Å². The molecule has 4 nitrogen and oxygen atoms in total. The van der Waals surface area contributed by atoms with Gasteiger partial charge in [0.2, 0.25) is 5.91 Å². The van der Waals surface area contributed by atoms with E-state index in [4.69, 9.17) is 5.11 Å². The van der Waals surface area contributed by atoms with Gasteiger partial charge in [-0.05, 0) is 49.5 Å². The minimum absolute atomic E-state index is 0.0475. The first-order valence-electron chi connectivity index (χ1n) is 7.71. The number of amides is 1. The zero-order valence-electron chi connectivity index (χ0n) is 12.0. The van der Waals surface area contributed by atoms with Gasteiger partial charge < -0.3 is 10.4 Å². The van der Waals surface area contributed by atoms with Crippen LogP contribution in [0.15, 0.2) is 17.5 Å². The lowest BCUT2D eigenvalue weighted by molar-refractivity contribution is -0.144. The fraction of sp³-hybridized carbons (Fsp3) is 0.625. The number of nitrogens with one attached hydrogen (secondary N) is 1. The molecule has 0 bridgehead atoms. The number of rotatable bonds is 5. The van der Waals surface area contributed by atoms with E-state index in [9.17, 15) is 9.59 Å². The van der Waals surface area contributed by atoms with Crippen molar-refractivity contribution >= 4 is 23.2 Å². The van der Waals surface area contributed by atoms with Crippen LogP contribution in [0.4, 0.5) is 0 Å². The Morgan fingerprint density at radius 3 is 2.62 bits per heavy atom. The normalized spacial score (nSPS) is 27.0. The molecule has 21 heavy (non-hydrogen) atoms. The van der Waals surface area contributed by atoms with Crippen LogP contribution in [0.1, 0.15) is 49.4 Å². The third kappa shape index (κ3) is 3.46. The van der Waals surface area contributed by atoms with Crippen LogP contribution in [0.3, 0.4) is 0 Å². The lowest BCUT2D eigenvalue weighted by atomic mass is 9.81. The van der Waals surface area contributed by atoms with Gasteiger partial charge in [-0.2, -0.15) is 0 Å². The van der Waals surface area contributed by atoms with E-state index in [1.807, 2.05) is 11.4 Å². The van der Waals surface area contributed by atoms with E-state index < -0.39 is 5.97 Å². The second-order valence-electron chi connectivity index (χ2n) is 6.24. The SMILES string of the molecule is O=C(O)C1CCCC(C(=O)NC(c2cccs2)C2CC2)C1. The number of carbonyl (C=O) groups excluding carboxylic acids is 1. The van der Waals surface area contributed by atoms with Gasteiger partial charge in [0.15, 0.2) is 0 Å². The molecule has 0 spiro atoms. The summed E-state index contributed by atoms with van der Waals surface area (Å²) in [5.74, 6) is -0.640. The van der Waals surface area contributed by atoms with E-state index in [1.165, 1.54) is 17.7 Å². The highest BCUT2D eigenvalue weighted by molar-refractivity contribution is 7.10. The molecule has 1 aromatic heterocycles. The molecule has 0 radical (unpaired) electrons. The van der Waals surface area contributed by atoms with E-state index in [0.29, 0.717) is 18.8 Å². The fourth-order valence-electron chi connectivity index (χ4n) is 3.24. The molecular weight excluding hydrogens is 286 g/mol. The highest BCUT2D eigenvalue weighted by atomic mass is 32.1. The molecule has 114 valence electrons. The number of hydrogen-bond donors (Lipinski definition) is 2. The zero-order chi connectivity index (χ0) is 14.8. The number of carboxylic acid groups (broad SMARTS) is 1. The maximum atomic E-state index is 12.5. The number of carboxylic acids is 1. The van der Waals surface area contributed by atoms with E-state index in [1.54, 1.807) is 11.3 Å². The van der Waals surface area contributed by atoms with E-state index in [2.05, 4.69) is 11.4 Å². The number of hydrogen-bond acceptors (Lipinski definition) is 3. The topological polar surface area (TPSA) is 66.4 Å². The summed E-state index contributed by atoms with van der Waals surface area (Å²) in [7, 11) is 0. The average molecular weight is 307 g/mol. The summed E-state index contributed by atoms with van der Waals surface area (Å²) in [5, 5.41) is 14.4. The van der Waals surface area contributed by atoms with Gasteiger partial charge in [-0.1, -0.05) is 12.5 Å². The second-order valence-corrected chi connectivity index (χ2v) is 7.22. The monoisotopic (exact) mass is 307 g/mol. The summed E-state index contributed by atoms with van der Waals surface area (Å²) in [6, 6.07) is 4.22. The molecule has 3 atom stereocenters. The third-order valence-electron chi connectivity index (χ3n) is 4.64. The lowest BCUT2D eigenvalue weighted by Gasteiger charge is -2.27. The quantitative estimate of drug-likeness (QED) is 0.878. The molecule has 0 aromatic carbocycles. The molecule has 3 rings (SSSR count). The van der Waals surface area contributed by atoms with Crippen molar-refractivity contribution in [3.63, 3.8) is 0 Å². The Morgan fingerprint density at radius 2 is 2.00 bits per heavy atom. The second kappa shape index (κ2) is 6.18. The Bertz CT molecular complexity index is 510. The summed E-state index contributed by atoms with van der Waals surface area (Å²) in [6.45, 7) is 0. The summed E-state index contributed by atoms with van der Waals surface area (Å²) in [6.07, 6.45) is 5.19. The number of aliphatic carboxylic acids is 1. The highest BCUT2D eigenvalue weighted by Gasteiger charge is 2.37. The summed E-state index contributed by atoms with van der Waals surface area (Å²) in [5.41, 5.74) is 0. The fourth-order valence-corrected chi connectivity index (χ4v) is 4.11. The Balaban J connectivity index is 1.63. The van der Waals surface area contributed by atoms with Gasteiger partial charge in [0.1, 0.15) is 0 Å². The molecule has 2 aliphatic carbocycles. The van der Waals surface area contributed by atoms with Gasteiger partial charge in [-0.3, -0.25) is 9.59 Å². The molecule has 1 heterocycles. The van der Waals surface area contributed by atoms with Crippen LogP contribution in [0, 0.1) is 17.8 Å². The van der Waals surface area contributed by atoms with Crippen molar-refractivity contribution in [3.8, 4) is 0 Å². The van der Waals surface area contributed by atoms with Crippen LogP contribution in [0.5, 0.6) is 0 Å². The molecular formula is C16H21NO3S. The largest absolute Gasteiger partial charge is 0.481 e. The summed E-state index contributed by atoms with van der Waals surface area (Å²) >= 11 is 1.68. The van der Waals surface area contributed by atoms with Crippen LogP contribution in [-0.2, 0) is 9.59 Å². The first kappa shape index (κ1) is 14.6. The number of carbonyl (C=O) groups is 2. The Kier molecular flexibility index (Phi) is 4.29. The van der Waals surface area contributed by atoms with Crippen molar-refractivity contribution in [2.24, 2.45) is 17.8 Å². The Hall–Kier alpha value is -1.36. The van der Waals surface area contributed by atoms with Gasteiger partial charge in [0.25, 0.3) is 0 Å². The predicted octanol–water partition coefficient (Wildman–Crippen LogP) is 3.21. The van der Waals surface area contributed by atoms with Crippen molar-refractivity contribution in [2.75, 3.05) is 0 Å². The molecule has 0 aliphatic heterocycles. The van der Waals surface area contributed by atoms with Crippen LogP contribution >= 0.6 is 11.3 Å². The van der Waals surface area contributed by atoms with Crippen molar-refractivity contribution in [2.45, 2.75) is 44.6 Å². The summed E-state index contributed by atoms with van der Waals surface area (Å²) in [4.78, 5) is 24.8.